The van der Waals surface area contributed by atoms with Crippen molar-refractivity contribution in [1.29, 1.82) is 0 Å². The van der Waals surface area contributed by atoms with E-state index in [0.717, 1.165) is 0 Å². The summed E-state index contributed by atoms with van der Waals surface area (Å²) in [4.78, 5) is 26.2. The Bertz CT molecular complexity index is 596. The molecule has 0 bridgehead atoms. The fourth-order valence-electron chi connectivity index (χ4n) is 2.41. The molecule has 0 fully saturated rings. The van der Waals surface area contributed by atoms with Crippen LogP contribution in [0.4, 0.5) is 5.69 Å². The molecule has 0 aromatic heterocycles. The van der Waals surface area contributed by atoms with Crippen molar-refractivity contribution in [2.75, 3.05) is 18.0 Å². The number of amides is 2. The molecule has 2 rings (SSSR count). The zero-order chi connectivity index (χ0) is 16.5. The third-order valence-electron chi connectivity index (χ3n) is 3.41. The Morgan fingerprint density at radius 3 is 2.68 bits per heavy atom. The summed E-state index contributed by atoms with van der Waals surface area (Å²) in [5, 5.41) is 2.83. The standard InChI is InChI=1S/C16H23N3O3/c1-10(2)18-14(20)11-5-6-13-12(9-11)19(8-7-17)15(21)16(3,4)22-13/h5-6,9-10H,7-8,17H2,1-4H3,(H,18,20). The molecule has 0 saturated heterocycles. The van der Waals surface area contributed by atoms with Crippen molar-refractivity contribution in [3.63, 3.8) is 0 Å². The van der Waals surface area contributed by atoms with Crippen LogP contribution < -0.4 is 20.7 Å². The van der Waals surface area contributed by atoms with E-state index in [1.807, 2.05) is 13.8 Å². The Kier molecular flexibility index (Phi) is 4.42. The second-order valence-corrected chi connectivity index (χ2v) is 6.17. The molecular weight excluding hydrogens is 282 g/mol. The number of fused-ring (bicyclic) bond motifs is 1. The van der Waals surface area contributed by atoms with Crippen molar-refractivity contribution in [3.05, 3.63) is 23.8 Å². The van der Waals surface area contributed by atoms with E-state index >= 15 is 0 Å². The maximum absolute atomic E-state index is 12.5. The first-order chi connectivity index (χ1) is 10.3. The first-order valence-corrected chi connectivity index (χ1v) is 7.42. The summed E-state index contributed by atoms with van der Waals surface area (Å²) in [6.45, 7) is 7.96. The van der Waals surface area contributed by atoms with Crippen LogP contribution >= 0.6 is 0 Å². The topological polar surface area (TPSA) is 84.7 Å². The van der Waals surface area contributed by atoms with E-state index in [4.69, 9.17) is 10.5 Å². The number of nitrogens with two attached hydrogens (primary N) is 1. The van der Waals surface area contributed by atoms with Crippen molar-refractivity contribution in [2.45, 2.75) is 39.3 Å². The number of rotatable bonds is 4. The minimum atomic E-state index is -0.941. The van der Waals surface area contributed by atoms with Crippen molar-refractivity contribution < 1.29 is 14.3 Å². The quantitative estimate of drug-likeness (QED) is 0.878. The highest BCUT2D eigenvalue weighted by atomic mass is 16.5. The SMILES string of the molecule is CC(C)NC(=O)c1ccc2c(c1)N(CCN)C(=O)C(C)(C)O2. The molecule has 0 spiro atoms. The van der Waals surface area contributed by atoms with Crippen molar-refractivity contribution in [2.24, 2.45) is 5.73 Å². The van der Waals surface area contributed by atoms with Gasteiger partial charge in [0.25, 0.3) is 11.8 Å². The molecule has 1 aliphatic rings. The number of nitrogens with one attached hydrogen (secondary N) is 1. The van der Waals surface area contributed by atoms with Crippen LogP contribution in [0.2, 0.25) is 0 Å². The van der Waals surface area contributed by atoms with Crippen molar-refractivity contribution >= 4 is 17.5 Å². The molecule has 0 radical (unpaired) electrons. The zero-order valence-corrected chi connectivity index (χ0v) is 13.5. The summed E-state index contributed by atoms with van der Waals surface area (Å²) in [6, 6.07) is 5.14. The Balaban J connectivity index is 2.42. The van der Waals surface area contributed by atoms with Gasteiger partial charge in [-0.25, -0.2) is 0 Å². The number of benzene rings is 1. The summed E-state index contributed by atoms with van der Waals surface area (Å²) in [5.74, 6) is 0.244. The second-order valence-electron chi connectivity index (χ2n) is 6.17. The van der Waals surface area contributed by atoms with Crippen LogP contribution in [0.1, 0.15) is 38.1 Å². The lowest BCUT2D eigenvalue weighted by atomic mass is 10.0. The highest BCUT2D eigenvalue weighted by Gasteiger charge is 2.40. The maximum atomic E-state index is 12.5. The molecule has 1 aliphatic heterocycles. The van der Waals surface area contributed by atoms with E-state index in [-0.39, 0.29) is 17.9 Å². The summed E-state index contributed by atoms with van der Waals surface area (Å²) in [6.07, 6.45) is 0. The molecule has 0 aliphatic carbocycles. The normalized spacial score (nSPS) is 16.3. The summed E-state index contributed by atoms with van der Waals surface area (Å²) in [5.41, 5.74) is 5.76. The zero-order valence-electron chi connectivity index (χ0n) is 13.5. The number of hydrogen-bond donors (Lipinski definition) is 2. The van der Waals surface area contributed by atoms with Crippen LogP contribution in [-0.2, 0) is 4.79 Å². The fraction of sp³-hybridized carbons (Fsp3) is 0.500. The molecule has 3 N–H and O–H groups in total. The van der Waals surface area contributed by atoms with Gasteiger partial charge < -0.3 is 20.7 Å². The van der Waals surface area contributed by atoms with E-state index in [2.05, 4.69) is 5.32 Å². The monoisotopic (exact) mass is 305 g/mol. The predicted octanol–water partition coefficient (Wildman–Crippen LogP) is 1.29. The summed E-state index contributed by atoms with van der Waals surface area (Å²) in [7, 11) is 0. The molecule has 0 atom stereocenters. The average Bonchev–Trinajstić information content (AvgIpc) is 2.42. The van der Waals surface area contributed by atoms with Gasteiger partial charge in [-0.2, -0.15) is 0 Å². The number of hydrogen-bond acceptors (Lipinski definition) is 4. The van der Waals surface area contributed by atoms with Gasteiger partial charge in [-0.05, 0) is 45.9 Å². The minimum Gasteiger partial charge on any atom is -0.476 e. The molecule has 2 amide bonds. The first kappa shape index (κ1) is 16.3. The number of carbonyl (C=O) groups excluding carboxylic acids is 2. The molecule has 22 heavy (non-hydrogen) atoms. The Morgan fingerprint density at radius 2 is 2.09 bits per heavy atom. The Morgan fingerprint density at radius 1 is 1.41 bits per heavy atom. The van der Waals surface area contributed by atoms with E-state index in [1.54, 1.807) is 36.9 Å². The first-order valence-electron chi connectivity index (χ1n) is 7.42. The van der Waals surface area contributed by atoms with Gasteiger partial charge >= 0.3 is 0 Å². The molecule has 1 aromatic rings. The Labute approximate surface area is 130 Å². The van der Waals surface area contributed by atoms with Gasteiger partial charge in [0, 0.05) is 24.7 Å². The summed E-state index contributed by atoms with van der Waals surface area (Å²) < 4.78 is 5.76. The third-order valence-corrected chi connectivity index (χ3v) is 3.41. The van der Waals surface area contributed by atoms with Gasteiger partial charge in [0.15, 0.2) is 5.60 Å². The second kappa shape index (κ2) is 5.96. The van der Waals surface area contributed by atoms with Gasteiger partial charge in [0.2, 0.25) is 0 Å². The predicted molar refractivity (Wildman–Crippen MR) is 85.2 cm³/mol. The fourth-order valence-corrected chi connectivity index (χ4v) is 2.41. The molecule has 1 aromatic carbocycles. The van der Waals surface area contributed by atoms with Gasteiger partial charge in [-0.1, -0.05) is 0 Å². The largest absolute Gasteiger partial charge is 0.476 e. The lowest BCUT2D eigenvalue weighted by molar-refractivity contribution is -0.132. The summed E-state index contributed by atoms with van der Waals surface area (Å²) >= 11 is 0. The van der Waals surface area contributed by atoms with E-state index < -0.39 is 5.60 Å². The number of carbonyl (C=O) groups is 2. The van der Waals surface area contributed by atoms with Crippen LogP contribution in [0.5, 0.6) is 5.75 Å². The van der Waals surface area contributed by atoms with Crippen LogP contribution in [0, 0.1) is 0 Å². The van der Waals surface area contributed by atoms with Crippen LogP contribution in [-0.4, -0.2) is 36.5 Å². The van der Waals surface area contributed by atoms with Gasteiger partial charge in [-0.15, -0.1) is 0 Å². The minimum absolute atomic E-state index is 0.0421. The average molecular weight is 305 g/mol. The molecule has 6 nitrogen and oxygen atoms in total. The molecule has 1 heterocycles. The van der Waals surface area contributed by atoms with Crippen molar-refractivity contribution in [3.8, 4) is 5.75 Å². The van der Waals surface area contributed by atoms with Gasteiger partial charge in [0.1, 0.15) is 5.75 Å². The highest BCUT2D eigenvalue weighted by Crippen LogP contribution is 2.38. The van der Waals surface area contributed by atoms with E-state index in [1.165, 1.54) is 0 Å². The number of anilines is 1. The smallest absolute Gasteiger partial charge is 0.270 e. The van der Waals surface area contributed by atoms with Crippen LogP contribution in [0.3, 0.4) is 0 Å². The molecular formula is C16H23N3O3. The highest BCUT2D eigenvalue weighted by molar-refractivity contribution is 6.04. The Hall–Kier alpha value is -2.08. The molecule has 120 valence electrons. The van der Waals surface area contributed by atoms with Gasteiger partial charge in [0.05, 0.1) is 5.69 Å². The lowest BCUT2D eigenvalue weighted by Crippen LogP contribution is -2.53. The molecule has 6 heteroatoms. The van der Waals surface area contributed by atoms with E-state index in [0.29, 0.717) is 30.1 Å². The van der Waals surface area contributed by atoms with Crippen LogP contribution in [0.25, 0.3) is 0 Å². The third kappa shape index (κ3) is 3.06. The maximum Gasteiger partial charge on any atom is 0.270 e. The van der Waals surface area contributed by atoms with Crippen molar-refractivity contribution in [1.82, 2.24) is 5.32 Å². The lowest BCUT2D eigenvalue weighted by Gasteiger charge is -2.38. The van der Waals surface area contributed by atoms with Crippen LogP contribution in [0.15, 0.2) is 18.2 Å². The molecule has 0 unspecified atom stereocenters. The number of ether oxygens (including phenoxy) is 1. The van der Waals surface area contributed by atoms with Gasteiger partial charge in [-0.3, -0.25) is 9.59 Å². The number of nitrogens with zero attached hydrogens (tertiary/aromatic N) is 1. The van der Waals surface area contributed by atoms with E-state index in [9.17, 15) is 9.59 Å². The molecule has 0 saturated carbocycles.